The summed E-state index contributed by atoms with van der Waals surface area (Å²) in [5.41, 5.74) is 0. The standard InChI is InChI=1S/C11H20N4O2S.ClH/c1-3-15-11(5-7-13-15)18(16,17)14-10-8-12-6-4-9(10)2;/h5,7,9-10,12,14H,3-4,6,8H2,1-2H3;1H. The van der Waals surface area contributed by atoms with Crippen molar-refractivity contribution in [1.82, 2.24) is 19.8 Å². The van der Waals surface area contributed by atoms with E-state index in [9.17, 15) is 8.42 Å². The lowest BCUT2D eigenvalue weighted by Crippen LogP contribution is -2.50. The summed E-state index contributed by atoms with van der Waals surface area (Å²) in [5.74, 6) is 0.346. The van der Waals surface area contributed by atoms with Gasteiger partial charge < -0.3 is 5.32 Å². The molecular formula is C11H21ClN4O2S. The second kappa shape index (κ2) is 6.69. The van der Waals surface area contributed by atoms with Crippen molar-refractivity contribution < 1.29 is 8.42 Å². The van der Waals surface area contributed by atoms with Gasteiger partial charge in [0.2, 0.25) is 0 Å². The summed E-state index contributed by atoms with van der Waals surface area (Å²) in [6, 6.07) is 1.48. The number of rotatable bonds is 4. The SMILES string of the molecule is CCn1nccc1S(=O)(=O)NC1CNCCC1C.Cl. The summed E-state index contributed by atoms with van der Waals surface area (Å²) < 4.78 is 28.8. The van der Waals surface area contributed by atoms with Gasteiger partial charge in [0.25, 0.3) is 10.0 Å². The number of halogens is 1. The molecule has 0 aliphatic carbocycles. The van der Waals surface area contributed by atoms with Crippen LogP contribution in [-0.2, 0) is 16.6 Å². The van der Waals surface area contributed by atoms with Gasteiger partial charge in [-0.05, 0) is 31.9 Å². The van der Waals surface area contributed by atoms with E-state index < -0.39 is 10.0 Å². The summed E-state index contributed by atoms with van der Waals surface area (Å²) in [4.78, 5) is 0. The van der Waals surface area contributed by atoms with Crippen LogP contribution in [0.3, 0.4) is 0 Å². The summed E-state index contributed by atoms with van der Waals surface area (Å²) in [6.45, 7) is 6.12. The molecule has 0 amide bonds. The number of piperidine rings is 1. The third-order valence-corrected chi connectivity index (χ3v) is 4.90. The van der Waals surface area contributed by atoms with Crippen LogP contribution in [0.5, 0.6) is 0 Å². The van der Waals surface area contributed by atoms with E-state index in [0.717, 1.165) is 13.0 Å². The average Bonchev–Trinajstić information content (AvgIpc) is 2.81. The molecule has 1 aromatic heterocycles. The fourth-order valence-electron chi connectivity index (χ4n) is 2.19. The first kappa shape index (κ1) is 16.4. The maximum absolute atomic E-state index is 12.3. The fraction of sp³-hybridized carbons (Fsp3) is 0.727. The van der Waals surface area contributed by atoms with Crippen molar-refractivity contribution in [3.05, 3.63) is 12.3 Å². The number of aromatic nitrogens is 2. The van der Waals surface area contributed by atoms with Crippen LogP contribution in [0.4, 0.5) is 0 Å². The molecular weight excluding hydrogens is 288 g/mol. The highest BCUT2D eigenvalue weighted by Crippen LogP contribution is 2.15. The van der Waals surface area contributed by atoms with Crippen molar-refractivity contribution in [3.8, 4) is 0 Å². The summed E-state index contributed by atoms with van der Waals surface area (Å²) in [7, 11) is -3.48. The Hall–Kier alpha value is -0.630. The minimum atomic E-state index is -3.48. The molecule has 1 aliphatic rings. The molecule has 1 saturated heterocycles. The van der Waals surface area contributed by atoms with E-state index >= 15 is 0 Å². The van der Waals surface area contributed by atoms with Crippen molar-refractivity contribution in [2.24, 2.45) is 5.92 Å². The first-order valence-corrected chi connectivity index (χ1v) is 7.77. The van der Waals surface area contributed by atoms with Crippen LogP contribution in [0.15, 0.2) is 17.3 Å². The number of aryl methyl sites for hydroxylation is 1. The van der Waals surface area contributed by atoms with Gasteiger partial charge in [-0.2, -0.15) is 5.10 Å². The van der Waals surface area contributed by atoms with E-state index in [4.69, 9.17) is 0 Å². The Bertz CT molecular complexity index is 503. The van der Waals surface area contributed by atoms with E-state index in [1.54, 1.807) is 0 Å². The highest BCUT2D eigenvalue weighted by molar-refractivity contribution is 7.89. The number of hydrogen-bond donors (Lipinski definition) is 2. The van der Waals surface area contributed by atoms with Gasteiger partial charge in [0.15, 0.2) is 5.03 Å². The van der Waals surface area contributed by atoms with Gasteiger partial charge >= 0.3 is 0 Å². The van der Waals surface area contributed by atoms with Crippen LogP contribution < -0.4 is 10.0 Å². The van der Waals surface area contributed by atoms with E-state index in [1.165, 1.54) is 16.9 Å². The molecule has 2 N–H and O–H groups in total. The molecule has 0 saturated carbocycles. The average molecular weight is 309 g/mol. The molecule has 0 bridgehead atoms. The molecule has 19 heavy (non-hydrogen) atoms. The molecule has 110 valence electrons. The zero-order valence-electron chi connectivity index (χ0n) is 11.2. The molecule has 2 atom stereocenters. The Morgan fingerprint density at radius 1 is 1.58 bits per heavy atom. The molecule has 1 aliphatic heterocycles. The molecule has 1 aromatic rings. The van der Waals surface area contributed by atoms with Gasteiger partial charge in [-0.1, -0.05) is 6.92 Å². The van der Waals surface area contributed by atoms with Crippen LogP contribution in [0.1, 0.15) is 20.3 Å². The quantitative estimate of drug-likeness (QED) is 0.854. The second-order valence-corrected chi connectivity index (χ2v) is 6.34. The van der Waals surface area contributed by atoms with Gasteiger partial charge in [0.1, 0.15) is 0 Å². The third kappa shape index (κ3) is 3.68. The molecule has 2 rings (SSSR count). The number of nitrogens with one attached hydrogen (secondary N) is 2. The zero-order chi connectivity index (χ0) is 13.2. The molecule has 0 aromatic carbocycles. The Kier molecular flexibility index (Phi) is 5.79. The first-order valence-electron chi connectivity index (χ1n) is 6.29. The zero-order valence-corrected chi connectivity index (χ0v) is 12.8. The monoisotopic (exact) mass is 308 g/mol. The van der Waals surface area contributed by atoms with Crippen molar-refractivity contribution in [3.63, 3.8) is 0 Å². The Morgan fingerprint density at radius 3 is 2.95 bits per heavy atom. The van der Waals surface area contributed by atoms with Gasteiger partial charge in [0.05, 0.1) is 6.20 Å². The van der Waals surface area contributed by atoms with Crippen LogP contribution in [-0.4, -0.2) is 37.3 Å². The largest absolute Gasteiger partial charge is 0.315 e. The molecule has 2 unspecified atom stereocenters. The van der Waals surface area contributed by atoms with Crippen LogP contribution >= 0.6 is 12.4 Å². The highest BCUT2D eigenvalue weighted by atomic mass is 35.5. The molecule has 6 nitrogen and oxygen atoms in total. The Morgan fingerprint density at radius 2 is 2.32 bits per heavy atom. The van der Waals surface area contributed by atoms with Crippen molar-refractivity contribution in [2.45, 2.75) is 37.9 Å². The van der Waals surface area contributed by atoms with E-state index in [0.29, 0.717) is 19.0 Å². The number of hydrogen-bond acceptors (Lipinski definition) is 4. The van der Waals surface area contributed by atoms with Crippen LogP contribution in [0.2, 0.25) is 0 Å². The van der Waals surface area contributed by atoms with Crippen LogP contribution in [0, 0.1) is 5.92 Å². The third-order valence-electron chi connectivity index (χ3n) is 3.39. The van der Waals surface area contributed by atoms with Gasteiger partial charge in [0, 0.05) is 19.1 Å². The second-order valence-electron chi connectivity index (χ2n) is 4.68. The highest BCUT2D eigenvalue weighted by Gasteiger charge is 2.28. The maximum atomic E-state index is 12.3. The molecule has 8 heteroatoms. The molecule has 0 radical (unpaired) electrons. The molecule has 2 heterocycles. The van der Waals surface area contributed by atoms with Gasteiger partial charge in [-0.3, -0.25) is 4.68 Å². The van der Waals surface area contributed by atoms with Crippen molar-refractivity contribution in [2.75, 3.05) is 13.1 Å². The van der Waals surface area contributed by atoms with E-state index in [2.05, 4.69) is 22.1 Å². The number of nitrogens with zero attached hydrogens (tertiary/aromatic N) is 2. The Labute approximate surface area is 120 Å². The summed E-state index contributed by atoms with van der Waals surface area (Å²) >= 11 is 0. The predicted molar refractivity (Wildman–Crippen MR) is 75.9 cm³/mol. The van der Waals surface area contributed by atoms with Crippen molar-refractivity contribution in [1.29, 1.82) is 0 Å². The lowest BCUT2D eigenvalue weighted by Gasteiger charge is -2.29. The van der Waals surface area contributed by atoms with E-state index in [1.807, 2.05) is 6.92 Å². The minimum Gasteiger partial charge on any atom is -0.315 e. The summed E-state index contributed by atoms with van der Waals surface area (Å²) in [5, 5.41) is 7.45. The smallest absolute Gasteiger partial charge is 0.258 e. The molecule has 1 fully saturated rings. The molecule has 0 spiro atoms. The van der Waals surface area contributed by atoms with Gasteiger partial charge in [-0.25, -0.2) is 13.1 Å². The Balaban J connectivity index is 0.00000180. The summed E-state index contributed by atoms with van der Waals surface area (Å²) in [6.07, 6.45) is 2.50. The van der Waals surface area contributed by atoms with Crippen molar-refractivity contribution >= 4 is 22.4 Å². The van der Waals surface area contributed by atoms with E-state index in [-0.39, 0.29) is 23.5 Å². The lowest BCUT2D eigenvalue weighted by molar-refractivity contribution is 0.326. The minimum absolute atomic E-state index is 0. The predicted octanol–water partition coefficient (Wildman–Crippen LogP) is 0.601. The number of sulfonamides is 1. The van der Waals surface area contributed by atoms with Crippen LogP contribution in [0.25, 0.3) is 0 Å². The van der Waals surface area contributed by atoms with Gasteiger partial charge in [-0.15, -0.1) is 12.4 Å². The lowest BCUT2D eigenvalue weighted by atomic mass is 9.96. The fourth-order valence-corrected chi connectivity index (χ4v) is 3.72. The topological polar surface area (TPSA) is 76.0 Å². The normalized spacial score (nSPS) is 23.9. The first-order chi connectivity index (χ1) is 8.54. The maximum Gasteiger partial charge on any atom is 0.258 e.